The molecule has 1 unspecified atom stereocenters. The Morgan fingerprint density at radius 3 is 2.77 bits per heavy atom. The van der Waals surface area contributed by atoms with Crippen LogP contribution in [0.2, 0.25) is 0 Å². The number of aliphatic imine (C=N–C) groups is 3. The van der Waals surface area contributed by atoms with E-state index in [4.69, 9.17) is 15.2 Å². The number of hydrogen-bond acceptors (Lipinski definition) is 9. The quantitative estimate of drug-likeness (QED) is 0.615. The summed E-state index contributed by atoms with van der Waals surface area (Å²) in [6.45, 7) is 1.87. The van der Waals surface area contributed by atoms with Crippen LogP contribution < -0.4 is 5.73 Å². The van der Waals surface area contributed by atoms with Gasteiger partial charge in [0, 0.05) is 13.0 Å². The fourth-order valence-electron chi connectivity index (χ4n) is 4.57. The smallest absolute Gasteiger partial charge is 0.162 e. The van der Waals surface area contributed by atoms with Crippen molar-refractivity contribution in [1.82, 2.24) is 4.90 Å². The first-order chi connectivity index (χ1) is 12.5. The summed E-state index contributed by atoms with van der Waals surface area (Å²) in [6, 6.07) is 0. The molecule has 3 heterocycles. The molecule has 0 bridgehead atoms. The lowest BCUT2D eigenvalue weighted by Crippen LogP contribution is -2.59. The molecule has 0 spiro atoms. The zero-order chi connectivity index (χ0) is 18.5. The van der Waals surface area contributed by atoms with Crippen LogP contribution in [0.3, 0.4) is 0 Å². The van der Waals surface area contributed by atoms with E-state index in [-0.39, 0.29) is 12.5 Å². The molecule has 9 heteroatoms. The Morgan fingerprint density at radius 1 is 1.38 bits per heavy atom. The number of methoxy groups -OCH3 is 1. The molecule has 0 aromatic rings. The molecule has 26 heavy (non-hydrogen) atoms. The first-order valence-electron chi connectivity index (χ1n) is 9.22. The van der Waals surface area contributed by atoms with Crippen LogP contribution in [0, 0.1) is 5.92 Å². The highest BCUT2D eigenvalue weighted by atomic mass is 16.6. The van der Waals surface area contributed by atoms with Gasteiger partial charge < -0.3 is 30.3 Å². The molecule has 0 aromatic carbocycles. The van der Waals surface area contributed by atoms with E-state index in [9.17, 15) is 10.2 Å². The van der Waals surface area contributed by atoms with Gasteiger partial charge in [-0.05, 0) is 19.8 Å². The van der Waals surface area contributed by atoms with Crippen LogP contribution in [0.1, 0.15) is 32.6 Å². The largest absolute Gasteiger partial charge is 0.394 e. The summed E-state index contributed by atoms with van der Waals surface area (Å²) in [5.41, 5.74) is 6.59. The van der Waals surface area contributed by atoms with Crippen molar-refractivity contribution in [2.45, 2.75) is 62.8 Å². The first-order valence-corrected chi connectivity index (χ1v) is 9.22. The van der Waals surface area contributed by atoms with Gasteiger partial charge in [-0.2, -0.15) is 0 Å². The first kappa shape index (κ1) is 18.0. The number of rotatable bonds is 4. The molecule has 4 rings (SSSR count). The summed E-state index contributed by atoms with van der Waals surface area (Å²) in [5, 5.41) is 19.8. The van der Waals surface area contributed by atoms with Gasteiger partial charge in [-0.3, -0.25) is 4.99 Å². The normalized spacial score (nSPS) is 40.5. The maximum atomic E-state index is 10.3. The molecule has 144 valence electrons. The number of nitrogens with two attached hydrogens (primary N) is 1. The van der Waals surface area contributed by atoms with Gasteiger partial charge in [-0.1, -0.05) is 12.8 Å². The van der Waals surface area contributed by atoms with E-state index >= 15 is 0 Å². The van der Waals surface area contributed by atoms with Gasteiger partial charge in [0.2, 0.25) is 0 Å². The molecule has 1 aliphatic carbocycles. The second kappa shape index (κ2) is 6.65. The molecular weight excluding hydrogens is 338 g/mol. The minimum absolute atomic E-state index is 0.250. The van der Waals surface area contributed by atoms with E-state index in [2.05, 4.69) is 15.0 Å². The molecule has 9 nitrogen and oxygen atoms in total. The Morgan fingerprint density at radius 2 is 2.12 bits per heavy atom. The van der Waals surface area contributed by atoms with Crippen LogP contribution in [0.25, 0.3) is 0 Å². The van der Waals surface area contributed by atoms with Crippen molar-refractivity contribution in [3.63, 3.8) is 0 Å². The highest BCUT2D eigenvalue weighted by molar-refractivity contribution is 6.48. The molecule has 5 atom stereocenters. The predicted octanol–water partition coefficient (Wildman–Crippen LogP) is -0.531. The fraction of sp³-hybridized carbons (Fsp3) is 0.824. The molecule has 4 N–H and O–H groups in total. The average molecular weight is 365 g/mol. The molecule has 1 saturated carbocycles. The standard InChI is InChI=1S/C17H27N5O4/c1-9-20-15-14(17(18,21-9)10-5-3-4-6-10)19-8-22(15)16-13(25-2)12(24)11(7-23)26-16/h10-13,16,23-24H,3-8,18H2,1-2H3/t11-,12-,13-,16-,17?/m1/s1. The third-order valence-corrected chi connectivity index (χ3v) is 5.91. The van der Waals surface area contributed by atoms with Crippen molar-refractivity contribution >= 4 is 17.4 Å². The summed E-state index contributed by atoms with van der Waals surface area (Å²) in [6.07, 6.45) is 1.55. The lowest BCUT2D eigenvalue weighted by atomic mass is 9.86. The van der Waals surface area contributed by atoms with Gasteiger partial charge in [-0.15, -0.1) is 0 Å². The number of amidine groups is 2. The van der Waals surface area contributed by atoms with E-state index in [1.165, 1.54) is 7.11 Å². The lowest BCUT2D eigenvalue weighted by Gasteiger charge is -2.37. The molecule has 3 aliphatic heterocycles. The summed E-state index contributed by atoms with van der Waals surface area (Å²) >= 11 is 0. The second-order valence-corrected chi connectivity index (χ2v) is 7.46. The number of aliphatic hydroxyl groups excluding tert-OH is 2. The maximum absolute atomic E-state index is 10.3. The minimum Gasteiger partial charge on any atom is -0.394 e. The maximum Gasteiger partial charge on any atom is 0.162 e. The van der Waals surface area contributed by atoms with Gasteiger partial charge in [0.05, 0.1) is 6.61 Å². The minimum atomic E-state index is -0.921. The lowest BCUT2D eigenvalue weighted by molar-refractivity contribution is -0.0765. The van der Waals surface area contributed by atoms with Crippen molar-refractivity contribution in [2.75, 3.05) is 20.4 Å². The third kappa shape index (κ3) is 2.61. The number of nitrogens with zero attached hydrogens (tertiary/aromatic N) is 4. The highest BCUT2D eigenvalue weighted by Crippen LogP contribution is 2.38. The van der Waals surface area contributed by atoms with Crippen molar-refractivity contribution in [3.05, 3.63) is 0 Å². The van der Waals surface area contributed by atoms with Gasteiger partial charge in [0.15, 0.2) is 17.7 Å². The van der Waals surface area contributed by atoms with Crippen molar-refractivity contribution in [1.29, 1.82) is 0 Å². The average Bonchev–Trinajstić information content (AvgIpc) is 3.32. The Kier molecular flexibility index (Phi) is 4.60. The van der Waals surface area contributed by atoms with Crippen molar-refractivity contribution in [3.8, 4) is 0 Å². The summed E-state index contributed by atoms with van der Waals surface area (Å²) in [4.78, 5) is 15.8. The monoisotopic (exact) mass is 365 g/mol. The molecular formula is C17H27N5O4. The molecule has 1 saturated heterocycles. The Bertz CT molecular complexity index is 660. The summed E-state index contributed by atoms with van der Waals surface area (Å²) in [7, 11) is 1.52. The summed E-state index contributed by atoms with van der Waals surface area (Å²) in [5.74, 6) is 1.51. The van der Waals surface area contributed by atoms with E-state index in [0.29, 0.717) is 24.1 Å². The fourth-order valence-corrected chi connectivity index (χ4v) is 4.57. The van der Waals surface area contributed by atoms with Crippen LogP contribution >= 0.6 is 0 Å². The molecule has 0 aromatic heterocycles. The zero-order valence-electron chi connectivity index (χ0n) is 15.2. The van der Waals surface area contributed by atoms with Gasteiger partial charge in [-0.25, -0.2) is 9.98 Å². The van der Waals surface area contributed by atoms with Crippen LogP contribution in [-0.4, -0.2) is 83.1 Å². The zero-order valence-corrected chi connectivity index (χ0v) is 15.2. The van der Waals surface area contributed by atoms with E-state index in [1.54, 1.807) is 0 Å². The Hall–Kier alpha value is -1.39. The van der Waals surface area contributed by atoms with Crippen molar-refractivity contribution in [2.24, 2.45) is 26.6 Å². The van der Waals surface area contributed by atoms with E-state index in [0.717, 1.165) is 25.7 Å². The van der Waals surface area contributed by atoms with E-state index < -0.39 is 30.2 Å². The highest BCUT2D eigenvalue weighted by Gasteiger charge is 2.53. The van der Waals surface area contributed by atoms with Crippen LogP contribution in [0.15, 0.2) is 15.0 Å². The Labute approximate surface area is 152 Å². The van der Waals surface area contributed by atoms with Gasteiger partial charge in [0.25, 0.3) is 0 Å². The molecule has 0 radical (unpaired) electrons. The SMILES string of the molecule is CO[C@@H]1[C@H](O)[C@@H](CO)O[C@H]1N1CN=C2C1=NC(C)=NC2(N)C1CCCC1. The van der Waals surface area contributed by atoms with Crippen LogP contribution in [0.4, 0.5) is 0 Å². The number of ether oxygens (including phenoxy) is 2. The topological polar surface area (TPSA) is 125 Å². The van der Waals surface area contributed by atoms with Crippen LogP contribution in [-0.2, 0) is 9.47 Å². The third-order valence-electron chi connectivity index (χ3n) is 5.91. The Balaban J connectivity index is 1.64. The number of fused-ring (bicyclic) bond motifs is 1. The number of hydrogen-bond donors (Lipinski definition) is 3. The van der Waals surface area contributed by atoms with E-state index in [1.807, 2.05) is 11.8 Å². The molecule has 2 fully saturated rings. The van der Waals surface area contributed by atoms with Crippen LogP contribution in [0.5, 0.6) is 0 Å². The van der Waals surface area contributed by atoms with Gasteiger partial charge in [0.1, 0.15) is 36.5 Å². The predicted molar refractivity (Wildman–Crippen MR) is 96.1 cm³/mol. The number of aliphatic hydroxyl groups is 2. The molecule has 0 amide bonds. The second-order valence-electron chi connectivity index (χ2n) is 7.46. The van der Waals surface area contributed by atoms with Gasteiger partial charge >= 0.3 is 0 Å². The van der Waals surface area contributed by atoms with Crippen molar-refractivity contribution < 1.29 is 19.7 Å². The molecule has 4 aliphatic rings. The summed E-state index contributed by atoms with van der Waals surface area (Å²) < 4.78 is 11.3.